The molecule has 1 amide bonds. The molecule has 2 aromatic rings. The summed E-state index contributed by atoms with van der Waals surface area (Å²) in [4.78, 5) is 25.4. The van der Waals surface area contributed by atoms with Crippen molar-refractivity contribution in [3.8, 4) is 5.75 Å². The highest BCUT2D eigenvalue weighted by Crippen LogP contribution is 2.35. The van der Waals surface area contributed by atoms with E-state index in [1.807, 2.05) is 17.0 Å². The molecule has 5 rings (SSSR count). The predicted octanol–water partition coefficient (Wildman–Crippen LogP) is 4.45. The lowest BCUT2D eigenvalue weighted by molar-refractivity contribution is 0.0560. The molecule has 7 nitrogen and oxygen atoms in total. The highest BCUT2D eigenvalue weighted by Gasteiger charge is 2.36. The summed E-state index contributed by atoms with van der Waals surface area (Å²) < 4.78 is 6.10. The maximum Gasteiger partial charge on any atom is 0.256 e. The topological polar surface area (TPSA) is 70.3 Å². The number of aromatic nitrogens is 1. The van der Waals surface area contributed by atoms with Gasteiger partial charge in [0, 0.05) is 31.7 Å². The number of hydrogen-bond acceptors (Lipinski definition) is 5. The van der Waals surface area contributed by atoms with Crippen LogP contribution in [0.4, 0.5) is 11.5 Å². The molecule has 1 aliphatic carbocycles. The van der Waals surface area contributed by atoms with E-state index in [1.165, 1.54) is 0 Å². The van der Waals surface area contributed by atoms with Gasteiger partial charge in [-0.2, -0.15) is 0 Å². The zero-order valence-corrected chi connectivity index (χ0v) is 19.2. The zero-order valence-electron chi connectivity index (χ0n) is 18.4. The fourth-order valence-corrected chi connectivity index (χ4v) is 5.39. The van der Waals surface area contributed by atoms with Crippen molar-refractivity contribution in [3.63, 3.8) is 0 Å². The summed E-state index contributed by atoms with van der Waals surface area (Å²) >= 11 is 6.13. The van der Waals surface area contributed by atoms with Crippen LogP contribution in [-0.4, -0.2) is 52.7 Å². The third-order valence-electron chi connectivity index (χ3n) is 7.07. The number of fused-ring (bicyclic) bond motifs is 1. The number of aliphatic hydroxyl groups excluding tert-OH is 1. The summed E-state index contributed by atoms with van der Waals surface area (Å²) in [7, 11) is 0. The van der Waals surface area contributed by atoms with Gasteiger partial charge >= 0.3 is 0 Å². The molecule has 1 saturated carbocycles. The molecule has 1 aromatic carbocycles. The summed E-state index contributed by atoms with van der Waals surface area (Å²) in [5, 5.41) is 9.82. The standard InChI is InChI=1S/C25H27ClN4O3/c1-27-22-8-6-19(12-21(22)26)33-18-4-2-17(3-5-18)30-14-23-20(25(30)32)7-9-24(28-23)29-11-10-16(13-29)15-31/h6-9,12,16-18,31H,2-5,10-11,13-15H2/t16-,17?,18?/m1/s1. The third kappa shape index (κ3) is 4.38. The number of hydrogen-bond donors (Lipinski definition) is 1. The third-order valence-corrected chi connectivity index (χ3v) is 7.37. The Kier molecular flexibility index (Phi) is 6.13. The van der Waals surface area contributed by atoms with Crippen LogP contribution in [0.1, 0.15) is 48.2 Å². The van der Waals surface area contributed by atoms with Crippen LogP contribution in [0.15, 0.2) is 30.3 Å². The van der Waals surface area contributed by atoms with Crippen LogP contribution in [0, 0.1) is 12.5 Å². The molecule has 3 aliphatic rings. The van der Waals surface area contributed by atoms with E-state index in [0.717, 1.165) is 56.7 Å². The Morgan fingerprint density at radius 2 is 2.00 bits per heavy atom. The minimum atomic E-state index is 0.0737. The molecule has 172 valence electrons. The number of carbonyl (C=O) groups is 1. The van der Waals surface area contributed by atoms with Gasteiger partial charge in [0.05, 0.1) is 35.5 Å². The minimum Gasteiger partial charge on any atom is -0.490 e. The van der Waals surface area contributed by atoms with E-state index in [4.69, 9.17) is 27.9 Å². The molecule has 0 spiro atoms. The predicted molar refractivity (Wildman–Crippen MR) is 126 cm³/mol. The maximum atomic E-state index is 13.1. The summed E-state index contributed by atoms with van der Waals surface area (Å²) in [6, 6.07) is 9.22. The average Bonchev–Trinajstić information content (AvgIpc) is 3.44. The lowest BCUT2D eigenvalue weighted by Gasteiger charge is -2.34. The monoisotopic (exact) mass is 466 g/mol. The van der Waals surface area contributed by atoms with E-state index in [-0.39, 0.29) is 24.7 Å². The summed E-state index contributed by atoms with van der Waals surface area (Å²) in [6.07, 6.45) is 4.55. The molecule has 1 aromatic heterocycles. The first kappa shape index (κ1) is 22.0. The van der Waals surface area contributed by atoms with Crippen molar-refractivity contribution in [3.05, 3.63) is 58.0 Å². The van der Waals surface area contributed by atoms with E-state index in [1.54, 1.807) is 18.2 Å². The van der Waals surface area contributed by atoms with Crippen molar-refractivity contribution in [1.29, 1.82) is 0 Å². The van der Waals surface area contributed by atoms with Crippen molar-refractivity contribution < 1.29 is 14.6 Å². The largest absolute Gasteiger partial charge is 0.490 e. The molecule has 0 bridgehead atoms. The smallest absolute Gasteiger partial charge is 0.256 e. The van der Waals surface area contributed by atoms with Gasteiger partial charge in [-0.15, -0.1) is 0 Å². The van der Waals surface area contributed by atoms with E-state index in [9.17, 15) is 9.90 Å². The van der Waals surface area contributed by atoms with E-state index in [2.05, 4.69) is 9.74 Å². The molecule has 1 atom stereocenters. The number of amides is 1. The second-order valence-electron chi connectivity index (χ2n) is 9.15. The Labute approximate surface area is 198 Å². The highest BCUT2D eigenvalue weighted by molar-refractivity contribution is 6.33. The quantitative estimate of drug-likeness (QED) is 0.659. The van der Waals surface area contributed by atoms with Gasteiger partial charge in [-0.3, -0.25) is 4.79 Å². The first-order chi connectivity index (χ1) is 16.1. The van der Waals surface area contributed by atoms with Crippen LogP contribution in [-0.2, 0) is 6.54 Å². The highest BCUT2D eigenvalue weighted by atomic mass is 35.5. The molecule has 2 fully saturated rings. The van der Waals surface area contributed by atoms with Gasteiger partial charge in [-0.1, -0.05) is 17.7 Å². The molecule has 1 saturated heterocycles. The van der Waals surface area contributed by atoms with Crippen molar-refractivity contribution in [2.75, 3.05) is 24.6 Å². The van der Waals surface area contributed by atoms with Crippen molar-refractivity contribution in [1.82, 2.24) is 9.88 Å². The van der Waals surface area contributed by atoms with Crippen LogP contribution in [0.25, 0.3) is 4.85 Å². The Morgan fingerprint density at radius 1 is 1.18 bits per heavy atom. The summed E-state index contributed by atoms with van der Waals surface area (Å²) in [5.74, 6) is 1.96. The SMILES string of the molecule is [C-]#[N+]c1ccc(OC2CCC(N3Cc4nc(N5CC[C@@H](CO)C5)ccc4C3=O)CC2)cc1Cl. The van der Waals surface area contributed by atoms with Crippen LogP contribution in [0.5, 0.6) is 5.75 Å². The normalized spacial score (nSPS) is 24.6. The maximum absolute atomic E-state index is 13.1. The van der Waals surface area contributed by atoms with E-state index in [0.29, 0.717) is 34.5 Å². The zero-order chi connectivity index (χ0) is 22.9. The second-order valence-corrected chi connectivity index (χ2v) is 9.56. The molecule has 33 heavy (non-hydrogen) atoms. The fourth-order valence-electron chi connectivity index (χ4n) is 5.17. The number of halogens is 1. The van der Waals surface area contributed by atoms with Gasteiger partial charge in [0.2, 0.25) is 5.69 Å². The van der Waals surface area contributed by atoms with Crippen LogP contribution in [0.3, 0.4) is 0 Å². The Hall–Kier alpha value is -2.82. The minimum absolute atomic E-state index is 0.0737. The number of benzene rings is 1. The molecule has 2 aliphatic heterocycles. The van der Waals surface area contributed by atoms with Gasteiger partial charge in [0.1, 0.15) is 11.6 Å². The van der Waals surface area contributed by atoms with Gasteiger partial charge in [0.15, 0.2) is 0 Å². The molecule has 0 radical (unpaired) electrons. The van der Waals surface area contributed by atoms with E-state index >= 15 is 0 Å². The van der Waals surface area contributed by atoms with Crippen molar-refractivity contribution in [2.45, 2.75) is 50.8 Å². The fraction of sp³-hybridized carbons (Fsp3) is 0.480. The summed E-state index contributed by atoms with van der Waals surface area (Å²) in [5.41, 5.74) is 2.00. The molecule has 1 N–H and O–H groups in total. The molecular formula is C25H27ClN4O3. The van der Waals surface area contributed by atoms with Crippen LogP contribution < -0.4 is 9.64 Å². The first-order valence-corrected chi connectivity index (χ1v) is 11.9. The van der Waals surface area contributed by atoms with E-state index < -0.39 is 0 Å². The van der Waals surface area contributed by atoms with Crippen molar-refractivity contribution >= 4 is 29.0 Å². The Balaban J connectivity index is 1.19. The number of pyridine rings is 1. The molecular weight excluding hydrogens is 440 g/mol. The number of ether oxygens (including phenoxy) is 1. The number of aliphatic hydroxyl groups is 1. The second kappa shape index (κ2) is 9.20. The van der Waals surface area contributed by atoms with Gasteiger partial charge in [0.25, 0.3) is 5.91 Å². The Bertz CT molecular complexity index is 1090. The van der Waals surface area contributed by atoms with Gasteiger partial charge in [-0.25, -0.2) is 9.83 Å². The average molecular weight is 467 g/mol. The Morgan fingerprint density at radius 3 is 2.70 bits per heavy atom. The number of rotatable bonds is 5. The number of carbonyl (C=O) groups excluding carboxylic acids is 1. The number of anilines is 1. The van der Waals surface area contributed by atoms with Gasteiger partial charge < -0.3 is 19.6 Å². The molecule has 3 heterocycles. The van der Waals surface area contributed by atoms with Gasteiger partial charge in [-0.05, 0) is 56.4 Å². The van der Waals surface area contributed by atoms with Crippen LogP contribution >= 0.6 is 11.6 Å². The molecule has 8 heteroatoms. The lowest BCUT2D eigenvalue weighted by Crippen LogP contribution is -2.40. The summed E-state index contributed by atoms with van der Waals surface area (Å²) in [6.45, 7) is 9.57. The first-order valence-electron chi connectivity index (χ1n) is 11.6. The number of nitrogens with zero attached hydrogens (tertiary/aromatic N) is 4. The molecule has 0 unspecified atom stereocenters. The lowest BCUT2D eigenvalue weighted by atomic mass is 9.92. The van der Waals surface area contributed by atoms with Crippen molar-refractivity contribution in [2.24, 2.45) is 5.92 Å². The van der Waals surface area contributed by atoms with Crippen LogP contribution in [0.2, 0.25) is 5.02 Å².